The van der Waals surface area contributed by atoms with E-state index in [9.17, 15) is 14.7 Å². The van der Waals surface area contributed by atoms with Crippen LogP contribution in [0, 0.1) is 6.92 Å². The van der Waals surface area contributed by atoms with E-state index < -0.39 is 17.7 Å². The number of aromatic nitrogens is 2. The normalized spacial score (nSPS) is 20.1. The summed E-state index contributed by atoms with van der Waals surface area (Å²) in [5.74, 6) is -0.681. The van der Waals surface area contributed by atoms with E-state index in [2.05, 4.69) is 9.88 Å². The maximum atomic E-state index is 13.5. The highest BCUT2D eigenvalue weighted by Crippen LogP contribution is 2.44. The summed E-state index contributed by atoms with van der Waals surface area (Å²) < 4.78 is 18.2. The number of imidazole rings is 1. The Hall–Kier alpha value is -3.89. The second kappa shape index (κ2) is 10.2. The molecule has 1 atom stereocenters. The number of carbonyl (C=O) groups excluding carboxylic acids is 2. The van der Waals surface area contributed by atoms with Crippen LogP contribution in [0.25, 0.3) is 11.4 Å². The zero-order valence-electron chi connectivity index (χ0n) is 21.1. The number of carbonyl (C=O) groups is 2. The van der Waals surface area contributed by atoms with E-state index in [-0.39, 0.29) is 11.3 Å². The van der Waals surface area contributed by atoms with Crippen LogP contribution in [0.1, 0.15) is 23.0 Å². The van der Waals surface area contributed by atoms with Gasteiger partial charge in [0.15, 0.2) is 5.76 Å². The summed E-state index contributed by atoms with van der Waals surface area (Å²) in [5.41, 5.74) is 2.08. The van der Waals surface area contributed by atoms with Gasteiger partial charge in [-0.05, 0) is 37.3 Å². The molecule has 0 spiro atoms. The van der Waals surface area contributed by atoms with Crippen LogP contribution in [0.15, 0.2) is 48.2 Å². The first-order valence-electron chi connectivity index (χ1n) is 12.2. The zero-order valence-corrected chi connectivity index (χ0v) is 21.1. The molecule has 1 amide bonds. The minimum absolute atomic E-state index is 0.00714. The van der Waals surface area contributed by atoms with Crippen LogP contribution in [0.3, 0.4) is 0 Å². The molecule has 10 nitrogen and oxygen atoms in total. The molecule has 37 heavy (non-hydrogen) atoms. The highest BCUT2D eigenvalue weighted by Gasteiger charge is 2.47. The molecule has 0 bridgehead atoms. The van der Waals surface area contributed by atoms with Crippen LogP contribution in [0.5, 0.6) is 11.5 Å². The molecule has 2 aliphatic heterocycles. The van der Waals surface area contributed by atoms with Crippen molar-refractivity contribution in [1.29, 1.82) is 0 Å². The lowest BCUT2D eigenvalue weighted by molar-refractivity contribution is -0.140. The van der Waals surface area contributed by atoms with Gasteiger partial charge in [0.05, 0.1) is 44.7 Å². The molecule has 2 fully saturated rings. The molecule has 3 aromatic rings. The number of amides is 1. The molecule has 0 saturated carbocycles. The van der Waals surface area contributed by atoms with Gasteiger partial charge in [-0.1, -0.05) is 6.07 Å². The fourth-order valence-corrected chi connectivity index (χ4v) is 5.09. The standard InChI is InChI=1S/C27H30N4O6/c1-17-23(30-9-5-4-6-21(30)28-17)25(32)22-24(19-16-18(35-2)7-8-20(19)36-3)31(27(34)26(22)33)11-10-29-12-14-37-15-13-29/h4-9,16,24,32H,10-15H2,1-3H3/t24-/m0/s1. The second-order valence-electron chi connectivity index (χ2n) is 9.03. The number of Topliss-reactive ketones (excluding diaryl/α,β-unsaturated/α-hetero) is 1. The Morgan fingerprint density at radius 2 is 1.89 bits per heavy atom. The number of aliphatic hydroxyl groups excluding tert-OH is 1. The maximum absolute atomic E-state index is 13.5. The number of methoxy groups -OCH3 is 2. The van der Waals surface area contributed by atoms with E-state index in [4.69, 9.17) is 14.2 Å². The van der Waals surface area contributed by atoms with Crippen molar-refractivity contribution >= 4 is 23.1 Å². The molecular weight excluding hydrogens is 476 g/mol. The smallest absolute Gasteiger partial charge is 0.295 e. The van der Waals surface area contributed by atoms with Gasteiger partial charge in [-0.15, -0.1) is 0 Å². The van der Waals surface area contributed by atoms with Crippen molar-refractivity contribution in [2.75, 3.05) is 53.6 Å². The number of pyridine rings is 1. The number of ketones is 1. The van der Waals surface area contributed by atoms with Crippen molar-refractivity contribution in [2.45, 2.75) is 13.0 Å². The van der Waals surface area contributed by atoms with Gasteiger partial charge in [0.25, 0.3) is 11.7 Å². The minimum atomic E-state index is -0.875. The topological polar surface area (TPSA) is 106 Å². The molecule has 0 radical (unpaired) electrons. The van der Waals surface area contributed by atoms with Gasteiger partial charge in [0, 0.05) is 37.9 Å². The first-order chi connectivity index (χ1) is 17.9. The Bertz CT molecular complexity index is 1370. The lowest BCUT2D eigenvalue weighted by Crippen LogP contribution is -2.42. The monoisotopic (exact) mass is 506 g/mol. The molecule has 1 N–H and O–H groups in total. The van der Waals surface area contributed by atoms with Crippen LogP contribution < -0.4 is 9.47 Å². The van der Waals surface area contributed by atoms with Gasteiger partial charge in [0.1, 0.15) is 22.8 Å². The van der Waals surface area contributed by atoms with Gasteiger partial charge in [0.2, 0.25) is 0 Å². The van der Waals surface area contributed by atoms with Crippen molar-refractivity contribution < 1.29 is 28.9 Å². The highest BCUT2D eigenvalue weighted by molar-refractivity contribution is 6.46. The molecule has 0 unspecified atom stereocenters. The van der Waals surface area contributed by atoms with E-state index in [0.717, 1.165) is 13.1 Å². The number of hydrogen-bond donors (Lipinski definition) is 1. The Morgan fingerprint density at radius 3 is 2.62 bits per heavy atom. The number of hydrogen-bond acceptors (Lipinski definition) is 8. The second-order valence-corrected chi connectivity index (χ2v) is 9.03. The number of morpholine rings is 1. The summed E-state index contributed by atoms with van der Waals surface area (Å²) >= 11 is 0. The Balaban J connectivity index is 1.67. The van der Waals surface area contributed by atoms with Gasteiger partial charge in [-0.3, -0.25) is 18.9 Å². The number of nitrogens with zero attached hydrogens (tertiary/aromatic N) is 4. The first kappa shape index (κ1) is 24.8. The zero-order chi connectivity index (χ0) is 26.1. The molecule has 2 saturated heterocycles. The van der Waals surface area contributed by atoms with E-state index in [0.29, 0.717) is 60.4 Å². The predicted molar refractivity (Wildman–Crippen MR) is 136 cm³/mol. The summed E-state index contributed by atoms with van der Waals surface area (Å²) in [6.07, 6.45) is 1.76. The van der Waals surface area contributed by atoms with E-state index >= 15 is 0 Å². The summed E-state index contributed by atoms with van der Waals surface area (Å²) in [6, 6.07) is 9.82. The molecule has 1 aromatic carbocycles. The fourth-order valence-electron chi connectivity index (χ4n) is 5.09. The molecule has 4 heterocycles. The summed E-state index contributed by atoms with van der Waals surface area (Å²) in [4.78, 5) is 35.2. The maximum Gasteiger partial charge on any atom is 0.295 e. The van der Waals surface area contributed by atoms with Crippen LogP contribution in [-0.4, -0.2) is 89.6 Å². The third-order valence-electron chi connectivity index (χ3n) is 6.96. The first-order valence-corrected chi connectivity index (χ1v) is 12.2. The number of aliphatic hydroxyl groups is 1. The fraction of sp³-hybridized carbons (Fsp3) is 0.370. The lowest BCUT2D eigenvalue weighted by atomic mass is 9.95. The molecular formula is C27H30N4O6. The van der Waals surface area contributed by atoms with Crippen molar-refractivity contribution in [3.63, 3.8) is 0 Å². The predicted octanol–water partition coefficient (Wildman–Crippen LogP) is 2.41. The summed E-state index contributed by atoms with van der Waals surface area (Å²) in [7, 11) is 3.07. The molecule has 5 rings (SSSR count). The van der Waals surface area contributed by atoms with E-state index in [1.54, 1.807) is 42.8 Å². The third-order valence-corrected chi connectivity index (χ3v) is 6.96. The van der Waals surface area contributed by atoms with Gasteiger partial charge in [-0.2, -0.15) is 0 Å². The Kier molecular flexibility index (Phi) is 6.86. The number of benzene rings is 1. The van der Waals surface area contributed by atoms with Crippen LogP contribution in [-0.2, 0) is 14.3 Å². The molecule has 0 aliphatic carbocycles. The Labute approximate surface area is 214 Å². The molecule has 2 aliphatic rings. The molecule has 2 aromatic heterocycles. The van der Waals surface area contributed by atoms with Gasteiger partial charge < -0.3 is 24.2 Å². The number of fused-ring (bicyclic) bond motifs is 1. The minimum Gasteiger partial charge on any atom is -0.505 e. The SMILES string of the molecule is COc1ccc(OC)c([C@H]2C(=C(O)c3c(C)nc4ccccn34)C(=O)C(=O)N2CCN2CCOCC2)c1. The van der Waals surface area contributed by atoms with Gasteiger partial charge >= 0.3 is 0 Å². The van der Waals surface area contributed by atoms with Crippen LogP contribution in [0.4, 0.5) is 0 Å². The van der Waals surface area contributed by atoms with Crippen molar-refractivity contribution in [3.05, 3.63) is 65.1 Å². The quantitative estimate of drug-likeness (QED) is 0.296. The Morgan fingerprint density at radius 1 is 1.11 bits per heavy atom. The number of rotatable bonds is 7. The van der Waals surface area contributed by atoms with Crippen molar-refractivity contribution in [2.24, 2.45) is 0 Å². The molecule has 10 heteroatoms. The highest BCUT2D eigenvalue weighted by atomic mass is 16.5. The van der Waals surface area contributed by atoms with E-state index in [1.165, 1.54) is 12.0 Å². The average Bonchev–Trinajstić information content (AvgIpc) is 3.39. The summed E-state index contributed by atoms with van der Waals surface area (Å²) in [5, 5.41) is 11.7. The lowest BCUT2D eigenvalue weighted by Gasteiger charge is -2.31. The summed E-state index contributed by atoms with van der Waals surface area (Å²) in [6.45, 7) is 5.36. The van der Waals surface area contributed by atoms with Gasteiger partial charge in [-0.25, -0.2) is 4.98 Å². The average molecular weight is 507 g/mol. The molecule has 194 valence electrons. The number of ether oxygens (including phenoxy) is 3. The van der Waals surface area contributed by atoms with Crippen LogP contribution in [0.2, 0.25) is 0 Å². The van der Waals surface area contributed by atoms with Crippen LogP contribution >= 0.6 is 0 Å². The third kappa shape index (κ3) is 4.42. The van der Waals surface area contributed by atoms with Crippen molar-refractivity contribution in [3.8, 4) is 11.5 Å². The number of likely N-dealkylation sites (tertiary alicyclic amines) is 1. The van der Waals surface area contributed by atoms with Crippen molar-refractivity contribution in [1.82, 2.24) is 19.2 Å². The largest absolute Gasteiger partial charge is 0.505 e. The van der Waals surface area contributed by atoms with E-state index in [1.807, 2.05) is 18.2 Å². The number of aryl methyl sites for hydroxylation is 1.